The van der Waals surface area contributed by atoms with Gasteiger partial charge in [-0.1, -0.05) is 13.3 Å². The van der Waals surface area contributed by atoms with E-state index in [1.165, 1.54) is 16.2 Å². The normalized spacial score (nSPS) is 18.9. The summed E-state index contributed by atoms with van der Waals surface area (Å²) in [6, 6.07) is 0.268. The molecule has 2 aliphatic rings. The highest BCUT2D eigenvalue weighted by Crippen LogP contribution is 2.40. The van der Waals surface area contributed by atoms with Crippen LogP contribution in [0.4, 0.5) is 5.00 Å². The van der Waals surface area contributed by atoms with Crippen molar-refractivity contribution in [1.82, 2.24) is 5.32 Å². The lowest BCUT2D eigenvalue weighted by Crippen LogP contribution is -2.28. The van der Waals surface area contributed by atoms with Crippen molar-refractivity contribution in [2.75, 3.05) is 5.32 Å². The van der Waals surface area contributed by atoms with Crippen LogP contribution in [0.15, 0.2) is 0 Å². The fourth-order valence-electron chi connectivity index (χ4n) is 3.41. The predicted octanol–water partition coefficient (Wildman–Crippen LogP) is 3.35. The van der Waals surface area contributed by atoms with Crippen LogP contribution in [0.2, 0.25) is 0 Å². The summed E-state index contributed by atoms with van der Waals surface area (Å²) in [6.45, 7) is 2.19. The van der Waals surface area contributed by atoms with Gasteiger partial charge in [-0.2, -0.15) is 0 Å². The molecular weight excluding hydrogens is 352 g/mol. The van der Waals surface area contributed by atoms with Crippen LogP contribution in [-0.4, -0.2) is 28.9 Å². The van der Waals surface area contributed by atoms with E-state index in [-0.39, 0.29) is 30.7 Å². The average molecular weight is 378 g/mol. The molecule has 1 aromatic rings. The van der Waals surface area contributed by atoms with Crippen LogP contribution in [0.1, 0.15) is 72.7 Å². The van der Waals surface area contributed by atoms with Gasteiger partial charge in [0, 0.05) is 23.8 Å². The van der Waals surface area contributed by atoms with Gasteiger partial charge in [-0.05, 0) is 50.0 Å². The molecule has 1 fully saturated rings. The highest BCUT2D eigenvalue weighted by atomic mass is 32.1. The molecule has 0 bridgehead atoms. The Hall–Kier alpha value is -1.89. The van der Waals surface area contributed by atoms with E-state index in [0.717, 1.165) is 44.1 Å². The Morgan fingerprint density at radius 2 is 1.96 bits per heavy atom. The lowest BCUT2D eigenvalue weighted by Gasteiger charge is -2.21. The van der Waals surface area contributed by atoms with Gasteiger partial charge in [-0.15, -0.1) is 11.3 Å². The summed E-state index contributed by atoms with van der Waals surface area (Å²) >= 11 is 1.52. The molecule has 1 saturated carbocycles. The maximum absolute atomic E-state index is 12.8. The number of rotatable bonds is 8. The summed E-state index contributed by atoms with van der Waals surface area (Å²) in [7, 11) is 0. The minimum Gasteiger partial charge on any atom is -0.481 e. The Kier molecular flexibility index (Phi) is 5.96. The minimum atomic E-state index is -0.903. The number of anilines is 1. The van der Waals surface area contributed by atoms with Crippen LogP contribution in [0, 0.1) is 5.92 Å². The van der Waals surface area contributed by atoms with Crippen molar-refractivity contribution in [3.63, 3.8) is 0 Å². The third-order valence-corrected chi connectivity index (χ3v) is 6.30. The lowest BCUT2D eigenvalue weighted by molar-refractivity contribution is -0.137. The van der Waals surface area contributed by atoms with E-state index < -0.39 is 5.97 Å². The number of nitrogens with one attached hydrogen (secondary N) is 2. The van der Waals surface area contributed by atoms with E-state index in [4.69, 9.17) is 5.11 Å². The number of hydrogen-bond donors (Lipinski definition) is 3. The van der Waals surface area contributed by atoms with E-state index in [0.29, 0.717) is 22.9 Å². The molecular formula is C19H26N2O4S. The summed E-state index contributed by atoms with van der Waals surface area (Å²) in [5.41, 5.74) is 1.73. The molecule has 7 heteroatoms. The molecule has 0 aliphatic heterocycles. The number of carbonyl (C=O) groups excluding carboxylic acids is 2. The fourth-order valence-corrected chi connectivity index (χ4v) is 4.78. The first kappa shape index (κ1) is 18.9. The summed E-state index contributed by atoms with van der Waals surface area (Å²) < 4.78 is 0. The van der Waals surface area contributed by atoms with Crippen molar-refractivity contribution >= 4 is 34.1 Å². The van der Waals surface area contributed by atoms with Gasteiger partial charge in [0.15, 0.2) is 0 Å². The number of amides is 2. The molecule has 3 rings (SSSR count). The molecule has 3 N–H and O–H groups in total. The number of thiophene rings is 1. The molecule has 1 heterocycles. The van der Waals surface area contributed by atoms with Crippen LogP contribution in [0.3, 0.4) is 0 Å². The average Bonchev–Trinajstić information content (AvgIpc) is 3.32. The quantitative estimate of drug-likeness (QED) is 0.646. The van der Waals surface area contributed by atoms with Crippen LogP contribution < -0.4 is 10.6 Å². The number of carboxylic acids is 1. The first-order valence-electron chi connectivity index (χ1n) is 9.45. The fraction of sp³-hybridized carbons (Fsp3) is 0.632. The number of hydrogen-bond acceptors (Lipinski definition) is 4. The Labute approximate surface area is 157 Å². The van der Waals surface area contributed by atoms with Crippen molar-refractivity contribution in [3.8, 4) is 0 Å². The molecule has 2 amide bonds. The second-order valence-electron chi connectivity index (χ2n) is 7.27. The first-order chi connectivity index (χ1) is 12.5. The van der Waals surface area contributed by atoms with Gasteiger partial charge in [0.05, 0.1) is 5.56 Å². The van der Waals surface area contributed by atoms with Crippen LogP contribution >= 0.6 is 11.3 Å². The first-order valence-corrected chi connectivity index (χ1v) is 10.3. The Morgan fingerprint density at radius 1 is 1.19 bits per heavy atom. The SMILES string of the molecule is CC[C@H]1CCc2c(sc(NC(=O)CCCC(=O)O)c2C(=O)NC2CC2)C1. The zero-order valence-electron chi connectivity index (χ0n) is 15.1. The van der Waals surface area contributed by atoms with Crippen LogP contribution in [0.25, 0.3) is 0 Å². The lowest BCUT2D eigenvalue weighted by atomic mass is 9.85. The van der Waals surface area contributed by atoms with E-state index in [1.54, 1.807) is 0 Å². The highest BCUT2D eigenvalue weighted by molar-refractivity contribution is 7.17. The number of aliphatic carboxylic acids is 1. The largest absolute Gasteiger partial charge is 0.481 e. The topological polar surface area (TPSA) is 95.5 Å². The molecule has 0 saturated heterocycles. The van der Waals surface area contributed by atoms with Crippen molar-refractivity contribution in [2.45, 2.75) is 70.8 Å². The highest BCUT2D eigenvalue weighted by Gasteiger charge is 2.31. The molecule has 0 aromatic carbocycles. The van der Waals surface area contributed by atoms with Crippen LogP contribution in [0.5, 0.6) is 0 Å². The maximum Gasteiger partial charge on any atom is 0.303 e. The zero-order valence-corrected chi connectivity index (χ0v) is 15.9. The standard InChI is InChI=1S/C19H26N2O4S/c1-2-11-6-9-13-14(10-11)26-19(17(13)18(25)20-12-7-8-12)21-15(22)4-3-5-16(23)24/h11-12H,2-10H2,1H3,(H,20,25)(H,21,22)(H,23,24)/t11-/m0/s1. The monoisotopic (exact) mass is 378 g/mol. The molecule has 26 heavy (non-hydrogen) atoms. The number of fused-ring (bicyclic) bond motifs is 1. The van der Waals surface area contributed by atoms with E-state index in [1.807, 2.05) is 0 Å². The predicted molar refractivity (Wildman–Crippen MR) is 101 cm³/mol. The molecule has 0 unspecified atom stereocenters. The van der Waals surface area contributed by atoms with Crippen molar-refractivity contribution in [1.29, 1.82) is 0 Å². The van der Waals surface area contributed by atoms with E-state index in [9.17, 15) is 14.4 Å². The third-order valence-electron chi connectivity index (χ3n) is 5.13. The zero-order chi connectivity index (χ0) is 18.7. The summed E-state index contributed by atoms with van der Waals surface area (Å²) in [5, 5.41) is 15.2. The molecule has 6 nitrogen and oxygen atoms in total. The Morgan fingerprint density at radius 3 is 2.62 bits per heavy atom. The van der Waals surface area contributed by atoms with E-state index in [2.05, 4.69) is 17.6 Å². The summed E-state index contributed by atoms with van der Waals surface area (Å²) in [4.78, 5) is 36.8. The smallest absolute Gasteiger partial charge is 0.303 e. The van der Waals surface area contributed by atoms with Crippen LogP contribution in [-0.2, 0) is 22.4 Å². The van der Waals surface area contributed by atoms with E-state index >= 15 is 0 Å². The van der Waals surface area contributed by atoms with Gasteiger partial charge in [-0.25, -0.2) is 0 Å². The third kappa shape index (κ3) is 4.63. The summed E-state index contributed by atoms with van der Waals surface area (Å²) in [5.74, 6) is -0.572. The molecule has 142 valence electrons. The second kappa shape index (κ2) is 8.20. The molecule has 2 aliphatic carbocycles. The van der Waals surface area contributed by atoms with Gasteiger partial charge < -0.3 is 15.7 Å². The molecule has 1 aromatic heterocycles. The maximum atomic E-state index is 12.8. The number of carbonyl (C=O) groups is 3. The Bertz CT molecular complexity index is 709. The van der Waals surface area contributed by atoms with Crippen molar-refractivity contribution in [3.05, 3.63) is 16.0 Å². The summed E-state index contributed by atoms with van der Waals surface area (Å²) in [6.07, 6.45) is 6.51. The van der Waals surface area contributed by atoms with Crippen molar-refractivity contribution < 1.29 is 19.5 Å². The van der Waals surface area contributed by atoms with Gasteiger partial charge >= 0.3 is 5.97 Å². The molecule has 0 radical (unpaired) electrons. The van der Waals surface area contributed by atoms with Gasteiger partial charge in [0.2, 0.25) is 5.91 Å². The van der Waals surface area contributed by atoms with Gasteiger partial charge in [0.25, 0.3) is 5.91 Å². The minimum absolute atomic E-state index is 0.0262. The van der Waals surface area contributed by atoms with Gasteiger partial charge in [0.1, 0.15) is 5.00 Å². The Balaban J connectivity index is 1.76. The molecule has 1 atom stereocenters. The molecule has 0 spiro atoms. The second-order valence-corrected chi connectivity index (χ2v) is 8.37. The van der Waals surface area contributed by atoms with Gasteiger partial charge in [-0.3, -0.25) is 14.4 Å². The van der Waals surface area contributed by atoms with Crippen molar-refractivity contribution in [2.24, 2.45) is 5.92 Å². The number of carboxylic acid groups (broad SMARTS) is 1.